The van der Waals surface area contributed by atoms with Gasteiger partial charge in [0, 0.05) is 17.8 Å². The van der Waals surface area contributed by atoms with Crippen molar-refractivity contribution >= 4 is 29.3 Å². The minimum Gasteiger partial charge on any atom is -0.475 e. The molecule has 8 nitrogen and oxygen atoms in total. The minimum atomic E-state index is -5.08. The number of fused-ring (bicyclic) bond motifs is 1. The van der Waals surface area contributed by atoms with E-state index in [0.29, 0.717) is 12.0 Å². The second-order valence-corrected chi connectivity index (χ2v) is 6.11. The molecule has 1 heterocycles. The number of halogens is 3. The molecule has 11 heteroatoms. The fourth-order valence-corrected chi connectivity index (χ4v) is 2.43. The maximum Gasteiger partial charge on any atom is 0.490 e. The Kier molecular flexibility index (Phi) is 7.37. The third kappa shape index (κ3) is 6.78. The average molecular weight is 425 g/mol. The number of alkyl halides is 3. The number of hydrogen-bond acceptors (Lipinski definition) is 7. The summed E-state index contributed by atoms with van der Waals surface area (Å²) in [6.07, 6.45) is -4.52. The molecule has 0 aliphatic carbocycles. The van der Waals surface area contributed by atoms with Gasteiger partial charge in [0.15, 0.2) is 0 Å². The molecule has 1 aliphatic heterocycles. The lowest BCUT2D eigenvalue weighted by Crippen LogP contribution is -2.26. The van der Waals surface area contributed by atoms with Gasteiger partial charge < -0.3 is 26.2 Å². The Balaban J connectivity index is 0.000000396. The van der Waals surface area contributed by atoms with E-state index in [0.717, 1.165) is 16.9 Å². The summed E-state index contributed by atoms with van der Waals surface area (Å²) in [4.78, 5) is 32.7. The molecule has 1 aliphatic rings. The molecule has 2 aromatic rings. The van der Waals surface area contributed by atoms with Crippen LogP contribution in [0.2, 0.25) is 0 Å². The highest BCUT2D eigenvalue weighted by Gasteiger charge is 2.38. The van der Waals surface area contributed by atoms with Gasteiger partial charge in [0.25, 0.3) is 0 Å². The zero-order valence-electron chi connectivity index (χ0n) is 15.4. The fourth-order valence-electron chi connectivity index (χ4n) is 2.43. The third-order valence-electron chi connectivity index (χ3n) is 3.79. The number of esters is 2. The summed E-state index contributed by atoms with van der Waals surface area (Å²) in [5, 5.41) is 13.1. The number of carboxylic acids is 1. The zero-order chi connectivity index (χ0) is 22.3. The number of carbonyl (C=O) groups is 3. The highest BCUT2D eigenvalue weighted by atomic mass is 19.4. The van der Waals surface area contributed by atoms with E-state index < -0.39 is 24.1 Å². The highest BCUT2D eigenvalue weighted by molar-refractivity contribution is 5.98. The first-order valence-electron chi connectivity index (χ1n) is 8.55. The monoisotopic (exact) mass is 425 g/mol. The summed E-state index contributed by atoms with van der Waals surface area (Å²) in [5.41, 5.74) is 8.75. The van der Waals surface area contributed by atoms with Crippen molar-refractivity contribution in [3.63, 3.8) is 0 Å². The molecule has 30 heavy (non-hydrogen) atoms. The highest BCUT2D eigenvalue weighted by Crippen LogP contribution is 2.25. The second-order valence-electron chi connectivity index (χ2n) is 6.11. The van der Waals surface area contributed by atoms with E-state index in [1.54, 1.807) is 12.1 Å². The molecular weight excluding hydrogens is 407 g/mol. The van der Waals surface area contributed by atoms with Crippen LogP contribution in [0.25, 0.3) is 0 Å². The summed E-state index contributed by atoms with van der Waals surface area (Å²) >= 11 is 0. The van der Waals surface area contributed by atoms with Gasteiger partial charge in [-0.1, -0.05) is 24.3 Å². The molecule has 0 bridgehead atoms. The van der Waals surface area contributed by atoms with E-state index >= 15 is 0 Å². The van der Waals surface area contributed by atoms with Gasteiger partial charge in [0.1, 0.15) is 6.54 Å². The normalized spacial score (nSPS) is 14.5. The zero-order valence-corrected chi connectivity index (χ0v) is 15.4. The van der Waals surface area contributed by atoms with Crippen LogP contribution in [0, 0.1) is 0 Å². The number of carboxylic acid groups (broad SMARTS) is 1. The van der Waals surface area contributed by atoms with Gasteiger partial charge in [-0.15, -0.1) is 0 Å². The van der Waals surface area contributed by atoms with Gasteiger partial charge in [-0.2, -0.15) is 13.2 Å². The summed E-state index contributed by atoms with van der Waals surface area (Å²) in [6, 6.07) is 14.3. The van der Waals surface area contributed by atoms with E-state index in [1.807, 2.05) is 36.4 Å². The molecule has 0 saturated carbocycles. The molecule has 0 fully saturated rings. The first-order chi connectivity index (χ1) is 14.1. The number of hydrogen-bond donors (Lipinski definition) is 4. The van der Waals surface area contributed by atoms with Crippen molar-refractivity contribution in [2.45, 2.75) is 18.8 Å². The summed E-state index contributed by atoms with van der Waals surface area (Å²) in [6.45, 7) is -0.0795. The van der Waals surface area contributed by atoms with Gasteiger partial charge in [0.05, 0.1) is 11.7 Å². The van der Waals surface area contributed by atoms with E-state index in [1.165, 1.54) is 0 Å². The standard InChI is InChI=1S/C17H17N3O3.C2HF3O2/c18-15-9-11-6-7-12(8-14(11)20-15)17(22)23-16(21)10-19-13-4-2-1-3-5-13;3-2(4,5)1(6)7/h1-8,15,19-20H,9-10,18H2;(H,6,7). The first kappa shape index (κ1) is 22.7. The number of anilines is 2. The summed E-state index contributed by atoms with van der Waals surface area (Å²) in [7, 11) is 0. The molecule has 2 aromatic carbocycles. The van der Waals surface area contributed by atoms with Crippen molar-refractivity contribution < 1.29 is 37.4 Å². The van der Waals surface area contributed by atoms with Crippen molar-refractivity contribution in [1.82, 2.24) is 0 Å². The smallest absolute Gasteiger partial charge is 0.475 e. The predicted octanol–water partition coefficient (Wildman–Crippen LogP) is 2.37. The van der Waals surface area contributed by atoms with Crippen LogP contribution < -0.4 is 16.4 Å². The topological polar surface area (TPSA) is 131 Å². The summed E-state index contributed by atoms with van der Waals surface area (Å²) < 4.78 is 36.6. The molecule has 1 atom stereocenters. The lowest BCUT2D eigenvalue weighted by atomic mass is 10.1. The van der Waals surface area contributed by atoms with Crippen molar-refractivity contribution in [2.24, 2.45) is 5.73 Å². The lowest BCUT2D eigenvalue weighted by molar-refractivity contribution is -0.192. The molecular formula is C19H18F3N3O5. The first-order valence-corrected chi connectivity index (χ1v) is 8.55. The average Bonchev–Trinajstić information content (AvgIpc) is 3.06. The molecule has 0 aromatic heterocycles. The molecule has 0 saturated heterocycles. The number of benzene rings is 2. The Labute approximate surface area is 168 Å². The van der Waals surface area contributed by atoms with Crippen LogP contribution in [-0.2, 0) is 20.7 Å². The Bertz CT molecular complexity index is 919. The van der Waals surface area contributed by atoms with Gasteiger partial charge >= 0.3 is 24.1 Å². The Morgan fingerprint density at radius 1 is 1.17 bits per heavy atom. The van der Waals surface area contributed by atoms with Crippen LogP contribution >= 0.6 is 0 Å². The number of carbonyl (C=O) groups excluding carboxylic acids is 2. The number of nitrogens with two attached hydrogens (primary N) is 1. The van der Waals surface area contributed by atoms with E-state index in [-0.39, 0.29) is 12.7 Å². The number of ether oxygens (including phenoxy) is 1. The number of rotatable bonds is 4. The SMILES string of the molecule is NC1Cc2ccc(C(=O)OC(=O)CNc3ccccc3)cc2N1.O=C(O)C(F)(F)F. The fraction of sp³-hybridized carbons (Fsp3) is 0.211. The second kappa shape index (κ2) is 9.74. The number of nitrogens with one attached hydrogen (secondary N) is 2. The Morgan fingerprint density at radius 2 is 1.80 bits per heavy atom. The lowest BCUT2D eigenvalue weighted by Gasteiger charge is -2.07. The molecule has 1 unspecified atom stereocenters. The van der Waals surface area contributed by atoms with Crippen LogP contribution in [0.4, 0.5) is 24.5 Å². The van der Waals surface area contributed by atoms with Crippen LogP contribution in [0.15, 0.2) is 48.5 Å². The van der Waals surface area contributed by atoms with Gasteiger partial charge in [-0.05, 0) is 29.8 Å². The van der Waals surface area contributed by atoms with E-state index in [9.17, 15) is 22.8 Å². The van der Waals surface area contributed by atoms with Crippen molar-refractivity contribution in [3.8, 4) is 0 Å². The summed E-state index contributed by atoms with van der Waals surface area (Å²) in [5.74, 6) is -4.06. The minimum absolute atomic E-state index is 0.0795. The third-order valence-corrected chi connectivity index (χ3v) is 3.79. The largest absolute Gasteiger partial charge is 0.490 e. The van der Waals surface area contributed by atoms with Gasteiger partial charge in [-0.3, -0.25) is 0 Å². The maximum atomic E-state index is 12.0. The maximum absolute atomic E-state index is 12.0. The Morgan fingerprint density at radius 3 is 2.40 bits per heavy atom. The number of para-hydroxylation sites is 1. The van der Waals surface area contributed by atoms with Crippen molar-refractivity contribution in [1.29, 1.82) is 0 Å². The quantitative estimate of drug-likeness (QED) is 0.434. The molecule has 0 amide bonds. The van der Waals surface area contributed by atoms with Gasteiger partial charge in [-0.25, -0.2) is 14.4 Å². The molecule has 3 rings (SSSR count). The van der Waals surface area contributed by atoms with Gasteiger partial charge in [0.2, 0.25) is 0 Å². The molecule has 160 valence electrons. The Hall–Kier alpha value is -3.60. The van der Waals surface area contributed by atoms with Crippen LogP contribution in [0.1, 0.15) is 15.9 Å². The molecule has 0 spiro atoms. The molecule has 5 N–H and O–H groups in total. The predicted molar refractivity (Wildman–Crippen MR) is 101 cm³/mol. The van der Waals surface area contributed by atoms with Crippen molar-refractivity contribution in [3.05, 3.63) is 59.7 Å². The van der Waals surface area contributed by atoms with Crippen molar-refractivity contribution in [2.75, 3.05) is 17.2 Å². The number of aliphatic carboxylic acids is 1. The van der Waals surface area contributed by atoms with E-state index in [2.05, 4.69) is 10.6 Å². The molecule has 0 radical (unpaired) electrons. The van der Waals surface area contributed by atoms with Crippen LogP contribution in [0.5, 0.6) is 0 Å². The van der Waals surface area contributed by atoms with Crippen LogP contribution in [-0.4, -0.2) is 41.9 Å². The van der Waals surface area contributed by atoms with E-state index in [4.69, 9.17) is 20.4 Å². The van der Waals surface area contributed by atoms with Crippen LogP contribution in [0.3, 0.4) is 0 Å².